The second-order valence-corrected chi connectivity index (χ2v) is 14.1. The van der Waals surface area contributed by atoms with Crippen molar-refractivity contribution in [2.24, 2.45) is 23.7 Å². The molecule has 2 heterocycles. The Morgan fingerprint density at radius 3 is 2.24 bits per heavy atom. The number of imide groups is 2. The van der Waals surface area contributed by atoms with Gasteiger partial charge < -0.3 is 10.2 Å². The van der Waals surface area contributed by atoms with Crippen LogP contribution < -0.4 is 5.43 Å². The van der Waals surface area contributed by atoms with E-state index in [1.807, 2.05) is 6.08 Å². The van der Waals surface area contributed by atoms with Crippen LogP contribution in [0.15, 0.2) is 109 Å². The number of hydrazine groups is 1. The number of fused-ring (bicyclic) bond motifs is 4. The fourth-order valence-corrected chi connectivity index (χ4v) is 9.05. The molecule has 0 aromatic heterocycles. The van der Waals surface area contributed by atoms with Crippen molar-refractivity contribution in [3.63, 3.8) is 0 Å². The molecule has 1 saturated carbocycles. The Labute approximate surface area is 297 Å². The second-order valence-electron chi connectivity index (χ2n) is 13.7. The van der Waals surface area contributed by atoms with Crippen LogP contribution in [0.3, 0.4) is 0 Å². The molecule has 4 aliphatic rings. The number of carbonyl (C=O) groups is 4. The first-order valence-electron chi connectivity index (χ1n) is 16.9. The molecule has 0 spiro atoms. The molecule has 4 amide bonds. The monoisotopic (exact) mass is 705 g/mol. The number of aromatic hydroxyl groups is 2. The number of phenols is 2. The average molecular weight is 706 g/mol. The number of amides is 4. The smallest absolute Gasteiger partial charge is 0.260 e. The number of nitrogens with one attached hydrogen (secondary N) is 1. The normalized spacial score (nSPS) is 26.9. The van der Waals surface area contributed by atoms with E-state index in [4.69, 9.17) is 11.6 Å². The number of benzene rings is 4. The topological polar surface area (TPSA) is 127 Å². The Kier molecular flexibility index (Phi) is 7.94. The molecule has 9 nitrogen and oxygen atoms in total. The Bertz CT molecular complexity index is 2100. The van der Waals surface area contributed by atoms with E-state index in [1.165, 1.54) is 35.2 Å². The molecule has 8 rings (SSSR count). The summed E-state index contributed by atoms with van der Waals surface area (Å²) in [6.45, 7) is 0.158. The minimum atomic E-state index is -1.58. The summed E-state index contributed by atoms with van der Waals surface area (Å²) in [5, 5.41) is 22.5. The van der Waals surface area contributed by atoms with Gasteiger partial charge in [0.25, 0.3) is 11.8 Å². The summed E-state index contributed by atoms with van der Waals surface area (Å²) >= 11 is 6.33. The van der Waals surface area contributed by atoms with E-state index in [9.17, 15) is 29.0 Å². The number of carbonyl (C=O) groups excluding carboxylic acids is 4. The van der Waals surface area contributed by atoms with E-state index in [0.29, 0.717) is 28.3 Å². The molecule has 51 heavy (non-hydrogen) atoms. The van der Waals surface area contributed by atoms with Gasteiger partial charge in [-0.05, 0) is 90.9 Å². The first kappa shape index (κ1) is 32.7. The van der Waals surface area contributed by atoms with Crippen molar-refractivity contribution in [3.05, 3.63) is 136 Å². The average Bonchev–Trinajstić information content (AvgIpc) is 3.50. The van der Waals surface area contributed by atoms with Crippen LogP contribution in [0.1, 0.15) is 35.4 Å². The first-order chi connectivity index (χ1) is 24.6. The molecular formula is C40H33ClFN3O6. The number of nitrogens with zero attached hydrogens (tertiary/aromatic N) is 2. The number of hydrogen-bond donors (Lipinski definition) is 3. The van der Waals surface area contributed by atoms with Gasteiger partial charge in [0.05, 0.1) is 28.9 Å². The lowest BCUT2D eigenvalue weighted by Gasteiger charge is -2.50. The van der Waals surface area contributed by atoms with Gasteiger partial charge in [-0.2, -0.15) is 5.01 Å². The predicted octanol–water partition coefficient (Wildman–Crippen LogP) is 6.12. The first-order valence-corrected chi connectivity index (χ1v) is 17.2. The molecule has 3 N–H and O–H groups in total. The Morgan fingerprint density at radius 2 is 1.53 bits per heavy atom. The van der Waals surface area contributed by atoms with Crippen molar-refractivity contribution < 1.29 is 33.8 Å². The van der Waals surface area contributed by atoms with Crippen molar-refractivity contribution in [1.82, 2.24) is 9.91 Å². The summed E-state index contributed by atoms with van der Waals surface area (Å²) in [5.41, 5.74) is 4.16. The zero-order valence-corrected chi connectivity index (χ0v) is 28.0. The Hall–Kier alpha value is -5.48. The molecule has 6 atom stereocenters. The number of halogens is 2. The molecular weight excluding hydrogens is 673 g/mol. The lowest BCUT2D eigenvalue weighted by molar-refractivity contribution is -0.141. The fraction of sp³-hybridized carbons (Fsp3) is 0.250. The van der Waals surface area contributed by atoms with Crippen LogP contribution in [-0.4, -0.2) is 50.3 Å². The highest BCUT2D eigenvalue weighted by Crippen LogP contribution is 2.64. The van der Waals surface area contributed by atoms with Crippen LogP contribution in [0.2, 0.25) is 5.02 Å². The summed E-state index contributed by atoms with van der Waals surface area (Å²) in [6, 6.07) is 25.3. The molecule has 11 heteroatoms. The molecule has 2 aliphatic carbocycles. The van der Waals surface area contributed by atoms with Crippen LogP contribution in [0.25, 0.3) is 0 Å². The van der Waals surface area contributed by atoms with Crippen LogP contribution in [0.5, 0.6) is 11.5 Å². The van der Waals surface area contributed by atoms with Crippen molar-refractivity contribution in [2.45, 2.75) is 30.6 Å². The molecule has 0 radical (unpaired) electrons. The van der Waals surface area contributed by atoms with E-state index < -0.39 is 52.6 Å². The highest BCUT2D eigenvalue weighted by atomic mass is 35.5. The van der Waals surface area contributed by atoms with Crippen molar-refractivity contribution in [2.75, 3.05) is 12.0 Å². The largest absolute Gasteiger partial charge is 0.508 e. The zero-order chi connectivity index (χ0) is 35.6. The Morgan fingerprint density at radius 1 is 0.824 bits per heavy atom. The zero-order valence-electron chi connectivity index (χ0n) is 27.2. The van der Waals surface area contributed by atoms with E-state index >= 15 is 4.79 Å². The summed E-state index contributed by atoms with van der Waals surface area (Å²) < 4.78 is 13.8. The van der Waals surface area contributed by atoms with Crippen LogP contribution in [-0.2, 0) is 31.0 Å². The van der Waals surface area contributed by atoms with E-state index in [2.05, 4.69) is 5.43 Å². The van der Waals surface area contributed by atoms with Gasteiger partial charge >= 0.3 is 0 Å². The van der Waals surface area contributed by atoms with Crippen LogP contribution >= 0.6 is 11.6 Å². The summed E-state index contributed by atoms with van der Waals surface area (Å²) in [5.74, 6) is -6.05. The van der Waals surface area contributed by atoms with Gasteiger partial charge in [-0.1, -0.05) is 65.7 Å². The maximum absolute atomic E-state index is 15.1. The quantitative estimate of drug-likeness (QED) is 0.156. The molecule has 2 aliphatic heterocycles. The highest BCUT2D eigenvalue weighted by Gasteiger charge is 2.70. The standard InChI is InChI=1S/C40H33ClFN3O6/c41-24-9-7-23(8-10-24)40-32(37(49)45(39(40)51)43-26-13-11-25(42)12-14-26)21-31-28(35(40)29-3-1-2-4-33(29)47)17-18-30-34(31)38(50)44(36(30)48)20-19-22-5-15-27(46)16-6-22/h1-17,30-32,34-35,43,46-47H,18-21H2. The number of likely N-dealkylation sites (tertiary alicyclic amines) is 1. The van der Waals surface area contributed by atoms with Gasteiger partial charge in [-0.3, -0.25) is 29.5 Å². The summed E-state index contributed by atoms with van der Waals surface area (Å²) in [4.78, 5) is 59.3. The number of phenolic OH excluding ortho intramolecular Hbond substituents is 2. The number of para-hydroxylation sites is 1. The maximum atomic E-state index is 15.1. The van der Waals surface area contributed by atoms with Crippen LogP contribution in [0.4, 0.5) is 10.1 Å². The lowest BCUT2D eigenvalue weighted by atomic mass is 9.49. The summed E-state index contributed by atoms with van der Waals surface area (Å²) in [6.07, 6.45) is 2.68. The predicted molar refractivity (Wildman–Crippen MR) is 186 cm³/mol. The third-order valence-corrected chi connectivity index (χ3v) is 11.4. The van der Waals surface area contributed by atoms with E-state index in [1.54, 1.807) is 66.7 Å². The molecule has 2 saturated heterocycles. The van der Waals surface area contributed by atoms with Crippen molar-refractivity contribution >= 4 is 40.9 Å². The maximum Gasteiger partial charge on any atom is 0.260 e. The van der Waals surface area contributed by atoms with E-state index in [0.717, 1.165) is 16.1 Å². The number of anilines is 1. The number of hydrogen-bond acceptors (Lipinski definition) is 7. The lowest BCUT2D eigenvalue weighted by Crippen LogP contribution is -2.53. The number of allylic oxidation sites excluding steroid dienone is 2. The molecule has 4 aromatic rings. The third kappa shape index (κ3) is 5.11. The summed E-state index contributed by atoms with van der Waals surface area (Å²) in [7, 11) is 0. The minimum absolute atomic E-state index is 0.0761. The third-order valence-electron chi connectivity index (χ3n) is 11.2. The van der Waals surface area contributed by atoms with Gasteiger partial charge in [-0.15, -0.1) is 0 Å². The van der Waals surface area contributed by atoms with Gasteiger partial charge in [-0.25, -0.2) is 4.39 Å². The van der Waals surface area contributed by atoms with Gasteiger partial charge in [0.1, 0.15) is 17.3 Å². The number of rotatable bonds is 7. The second kappa shape index (κ2) is 12.4. The van der Waals surface area contributed by atoms with Gasteiger partial charge in [0.2, 0.25) is 11.8 Å². The van der Waals surface area contributed by atoms with Gasteiger partial charge in [0, 0.05) is 23.0 Å². The molecule has 258 valence electrons. The van der Waals surface area contributed by atoms with Crippen molar-refractivity contribution in [3.8, 4) is 11.5 Å². The SMILES string of the molecule is O=C1C2CC=C3C(CC4C(=O)N(Nc5ccc(F)cc5)C(=O)C4(c4ccc(Cl)cc4)C3c3ccccc3O)C2C(=O)N1CCc1ccc(O)cc1. The molecule has 6 unspecified atom stereocenters. The van der Waals surface area contributed by atoms with Crippen molar-refractivity contribution in [1.29, 1.82) is 0 Å². The molecule has 3 fully saturated rings. The Balaban J connectivity index is 1.25. The van der Waals surface area contributed by atoms with Crippen LogP contribution in [0, 0.1) is 29.5 Å². The fourth-order valence-electron chi connectivity index (χ4n) is 8.92. The highest BCUT2D eigenvalue weighted by molar-refractivity contribution is 6.30. The van der Waals surface area contributed by atoms with Gasteiger partial charge in [0.15, 0.2) is 0 Å². The minimum Gasteiger partial charge on any atom is -0.508 e. The van der Waals surface area contributed by atoms with E-state index in [-0.39, 0.29) is 42.7 Å². The molecule has 4 aromatic carbocycles. The molecule has 0 bridgehead atoms.